The molecule has 0 atom stereocenters. The molecular formula is C11H10BrN3O2. The van der Waals surface area contributed by atoms with Gasteiger partial charge in [0.05, 0.1) is 6.54 Å². The van der Waals surface area contributed by atoms with Crippen LogP contribution < -0.4 is 5.73 Å². The van der Waals surface area contributed by atoms with Gasteiger partial charge in [0, 0.05) is 10.7 Å². The Hall–Kier alpha value is -1.82. The highest BCUT2D eigenvalue weighted by Gasteiger charge is 2.12. The van der Waals surface area contributed by atoms with Gasteiger partial charge in [0.25, 0.3) is 0 Å². The Balaban J connectivity index is 2.25. The fourth-order valence-electron chi connectivity index (χ4n) is 1.50. The molecule has 0 spiro atoms. The topological polar surface area (TPSA) is 81.1 Å². The van der Waals surface area contributed by atoms with Gasteiger partial charge in [-0.1, -0.05) is 28.1 Å². The number of rotatable bonds is 3. The summed E-state index contributed by atoms with van der Waals surface area (Å²) in [6.07, 6.45) is 1.43. The zero-order valence-corrected chi connectivity index (χ0v) is 10.4. The zero-order valence-electron chi connectivity index (χ0n) is 8.80. The van der Waals surface area contributed by atoms with E-state index in [0.29, 0.717) is 6.54 Å². The Morgan fingerprint density at radius 3 is 2.88 bits per heavy atom. The van der Waals surface area contributed by atoms with E-state index in [1.807, 2.05) is 24.3 Å². The van der Waals surface area contributed by atoms with Crippen LogP contribution in [0, 0.1) is 0 Å². The molecule has 88 valence electrons. The Labute approximate surface area is 106 Å². The maximum atomic E-state index is 10.8. The SMILES string of the molecule is Nc1nn(Cc2cccc(Br)c2)cc1C(=O)O. The largest absolute Gasteiger partial charge is 0.477 e. The van der Waals surface area contributed by atoms with Crippen molar-refractivity contribution in [3.8, 4) is 0 Å². The van der Waals surface area contributed by atoms with E-state index < -0.39 is 5.97 Å². The smallest absolute Gasteiger partial charge is 0.341 e. The normalized spacial score (nSPS) is 10.4. The third-order valence-electron chi connectivity index (χ3n) is 2.25. The second kappa shape index (κ2) is 4.58. The molecule has 2 rings (SSSR count). The van der Waals surface area contributed by atoms with Gasteiger partial charge >= 0.3 is 5.97 Å². The maximum Gasteiger partial charge on any atom is 0.341 e. The lowest BCUT2D eigenvalue weighted by atomic mass is 10.2. The Morgan fingerprint density at radius 2 is 2.29 bits per heavy atom. The minimum atomic E-state index is -1.07. The molecule has 0 aliphatic carbocycles. The van der Waals surface area contributed by atoms with Crippen LogP contribution >= 0.6 is 15.9 Å². The van der Waals surface area contributed by atoms with Crippen molar-refractivity contribution in [3.05, 3.63) is 46.1 Å². The van der Waals surface area contributed by atoms with Gasteiger partial charge in [-0.25, -0.2) is 4.79 Å². The summed E-state index contributed by atoms with van der Waals surface area (Å²) in [6.45, 7) is 0.483. The fraction of sp³-hybridized carbons (Fsp3) is 0.0909. The van der Waals surface area contributed by atoms with Crippen molar-refractivity contribution in [2.24, 2.45) is 0 Å². The second-order valence-corrected chi connectivity index (χ2v) is 4.48. The molecule has 1 aromatic carbocycles. The number of aromatic carboxylic acids is 1. The van der Waals surface area contributed by atoms with Gasteiger partial charge in [0.2, 0.25) is 0 Å². The van der Waals surface area contributed by atoms with Crippen LogP contribution in [0.25, 0.3) is 0 Å². The molecular weight excluding hydrogens is 286 g/mol. The second-order valence-electron chi connectivity index (χ2n) is 3.56. The minimum Gasteiger partial charge on any atom is -0.477 e. The molecule has 2 aromatic rings. The van der Waals surface area contributed by atoms with Gasteiger partial charge in [0.15, 0.2) is 5.82 Å². The van der Waals surface area contributed by atoms with Gasteiger partial charge in [-0.15, -0.1) is 0 Å². The van der Waals surface area contributed by atoms with Crippen molar-refractivity contribution in [1.82, 2.24) is 9.78 Å². The van der Waals surface area contributed by atoms with Gasteiger partial charge in [-0.3, -0.25) is 4.68 Å². The molecule has 0 saturated carbocycles. The molecule has 6 heteroatoms. The van der Waals surface area contributed by atoms with Crippen LogP contribution in [0.15, 0.2) is 34.9 Å². The molecule has 1 aromatic heterocycles. The van der Waals surface area contributed by atoms with Crippen LogP contribution in [-0.2, 0) is 6.54 Å². The van der Waals surface area contributed by atoms with Crippen LogP contribution in [0.3, 0.4) is 0 Å². The first-order chi connectivity index (χ1) is 8.06. The molecule has 1 heterocycles. The number of aromatic nitrogens is 2. The van der Waals surface area contributed by atoms with Crippen LogP contribution in [0.1, 0.15) is 15.9 Å². The number of hydrogen-bond acceptors (Lipinski definition) is 3. The van der Waals surface area contributed by atoms with E-state index >= 15 is 0 Å². The molecule has 0 saturated heterocycles. The maximum absolute atomic E-state index is 10.8. The van der Waals surface area contributed by atoms with Gasteiger partial charge in [0.1, 0.15) is 5.56 Å². The Bertz CT molecular complexity index is 566. The highest BCUT2D eigenvalue weighted by atomic mass is 79.9. The summed E-state index contributed by atoms with van der Waals surface area (Å²) >= 11 is 3.37. The number of anilines is 1. The molecule has 0 unspecified atom stereocenters. The van der Waals surface area contributed by atoms with Gasteiger partial charge in [-0.2, -0.15) is 5.10 Å². The van der Waals surface area contributed by atoms with Crippen molar-refractivity contribution < 1.29 is 9.90 Å². The number of hydrogen-bond donors (Lipinski definition) is 2. The summed E-state index contributed by atoms with van der Waals surface area (Å²) in [5.74, 6) is -1.03. The van der Waals surface area contributed by atoms with Crippen molar-refractivity contribution in [2.45, 2.75) is 6.54 Å². The number of carbonyl (C=O) groups is 1. The number of carboxylic acids is 1. The van der Waals surface area contributed by atoms with E-state index in [9.17, 15) is 4.79 Å². The predicted molar refractivity (Wildman–Crippen MR) is 66.8 cm³/mol. The average molecular weight is 296 g/mol. The zero-order chi connectivity index (χ0) is 12.4. The molecule has 0 amide bonds. The van der Waals surface area contributed by atoms with E-state index in [4.69, 9.17) is 10.8 Å². The summed E-state index contributed by atoms with van der Waals surface area (Å²) in [5.41, 5.74) is 6.54. The summed E-state index contributed by atoms with van der Waals surface area (Å²) in [7, 11) is 0. The Morgan fingerprint density at radius 1 is 1.53 bits per heavy atom. The monoisotopic (exact) mass is 295 g/mol. The Kier molecular flexibility index (Phi) is 3.14. The highest BCUT2D eigenvalue weighted by molar-refractivity contribution is 9.10. The molecule has 0 fully saturated rings. The van der Waals surface area contributed by atoms with E-state index in [-0.39, 0.29) is 11.4 Å². The van der Waals surface area contributed by atoms with E-state index in [0.717, 1.165) is 10.0 Å². The average Bonchev–Trinajstić information content (AvgIpc) is 2.59. The lowest BCUT2D eigenvalue weighted by molar-refractivity contribution is 0.0698. The summed E-state index contributed by atoms with van der Waals surface area (Å²) in [6, 6.07) is 7.70. The van der Waals surface area contributed by atoms with Crippen LogP contribution in [0.2, 0.25) is 0 Å². The van der Waals surface area contributed by atoms with Crippen LogP contribution in [0.5, 0.6) is 0 Å². The minimum absolute atomic E-state index is 0.0278. The molecule has 5 nitrogen and oxygen atoms in total. The predicted octanol–water partition coefficient (Wildman–Crippen LogP) is 1.97. The molecule has 0 radical (unpaired) electrons. The number of carboxylic acid groups (broad SMARTS) is 1. The quantitative estimate of drug-likeness (QED) is 0.907. The van der Waals surface area contributed by atoms with Gasteiger partial charge < -0.3 is 10.8 Å². The summed E-state index contributed by atoms with van der Waals surface area (Å²) in [4.78, 5) is 10.8. The molecule has 0 aliphatic heterocycles. The van der Waals surface area contributed by atoms with Crippen LogP contribution in [-0.4, -0.2) is 20.9 Å². The van der Waals surface area contributed by atoms with Crippen molar-refractivity contribution in [2.75, 3.05) is 5.73 Å². The molecule has 0 aliphatic rings. The molecule has 3 N–H and O–H groups in total. The van der Waals surface area contributed by atoms with Crippen molar-refractivity contribution in [3.63, 3.8) is 0 Å². The van der Waals surface area contributed by atoms with Crippen molar-refractivity contribution in [1.29, 1.82) is 0 Å². The number of benzene rings is 1. The first-order valence-corrected chi connectivity index (χ1v) is 5.66. The summed E-state index contributed by atoms with van der Waals surface area (Å²) in [5, 5.41) is 12.8. The van der Waals surface area contributed by atoms with E-state index in [2.05, 4.69) is 21.0 Å². The standard InChI is InChI=1S/C11H10BrN3O2/c12-8-3-1-2-7(4-8)5-15-6-9(11(16)17)10(13)14-15/h1-4,6H,5H2,(H2,13,14)(H,16,17). The van der Waals surface area contributed by atoms with E-state index in [1.165, 1.54) is 10.9 Å². The third-order valence-corrected chi connectivity index (χ3v) is 2.75. The highest BCUT2D eigenvalue weighted by Crippen LogP contribution is 2.14. The van der Waals surface area contributed by atoms with E-state index in [1.54, 1.807) is 0 Å². The lowest BCUT2D eigenvalue weighted by Gasteiger charge is -2.01. The third kappa shape index (κ3) is 2.65. The molecule has 17 heavy (non-hydrogen) atoms. The summed E-state index contributed by atoms with van der Waals surface area (Å²) < 4.78 is 2.48. The number of nitrogens with two attached hydrogens (primary N) is 1. The fourth-order valence-corrected chi connectivity index (χ4v) is 1.95. The number of halogens is 1. The number of nitrogen functional groups attached to an aromatic ring is 1. The molecule has 0 bridgehead atoms. The first-order valence-electron chi connectivity index (χ1n) is 4.87. The van der Waals surface area contributed by atoms with Crippen molar-refractivity contribution >= 4 is 27.7 Å². The first kappa shape index (κ1) is 11.7. The lowest BCUT2D eigenvalue weighted by Crippen LogP contribution is -2.00. The number of nitrogens with zero attached hydrogens (tertiary/aromatic N) is 2. The van der Waals surface area contributed by atoms with Crippen LogP contribution in [0.4, 0.5) is 5.82 Å². The van der Waals surface area contributed by atoms with Gasteiger partial charge in [-0.05, 0) is 17.7 Å².